The number of carbonyl (C=O) groups is 2. The van der Waals surface area contributed by atoms with Gasteiger partial charge in [-0.1, -0.05) is 12.3 Å². The van der Waals surface area contributed by atoms with E-state index in [9.17, 15) is 14.4 Å². The van der Waals surface area contributed by atoms with Gasteiger partial charge < -0.3 is 15.2 Å². The van der Waals surface area contributed by atoms with Gasteiger partial charge in [-0.05, 0) is 65.0 Å². The van der Waals surface area contributed by atoms with Gasteiger partial charge in [-0.2, -0.15) is 4.98 Å². The minimum atomic E-state index is -1.00. The maximum absolute atomic E-state index is 13.9. The van der Waals surface area contributed by atoms with E-state index in [1.807, 2.05) is 7.05 Å². The number of carbonyl (C=O) groups excluding carboxylic acids is 2. The van der Waals surface area contributed by atoms with Crippen molar-refractivity contribution in [3.8, 4) is 18.2 Å². The monoisotopic (exact) mass is 562 g/mol. The number of terminal acetylenes is 1. The summed E-state index contributed by atoms with van der Waals surface area (Å²) in [6.45, 7) is 1.83. The number of hydrogen-bond acceptors (Lipinski definition) is 9. The predicted molar refractivity (Wildman–Crippen MR) is 152 cm³/mol. The Morgan fingerprint density at radius 1 is 1.12 bits per heavy atom. The van der Waals surface area contributed by atoms with E-state index < -0.39 is 11.5 Å². The standard InChI is InChI=1S/C30H38N6O5/c1-4-21(20-10-8-15-34(20)2)41-28-24-27(36(29(39)35(24)3)18-12-16-40-17-18)32-26(33-28)23(31)19-9-7-14-30(25(19)38)13-6-5-11-22(30)37/h1,18,20-21H,5-17,31H2,2-3H3/b23-19-/t18?,20-,21-,30+/m0/s1. The van der Waals surface area contributed by atoms with E-state index in [0.29, 0.717) is 68.5 Å². The van der Waals surface area contributed by atoms with Crippen molar-refractivity contribution in [1.29, 1.82) is 0 Å². The zero-order valence-electron chi connectivity index (χ0n) is 23.9. The molecule has 0 amide bonds. The van der Waals surface area contributed by atoms with Gasteiger partial charge in [-0.3, -0.25) is 23.6 Å². The molecule has 4 atom stereocenters. The van der Waals surface area contributed by atoms with Crippen LogP contribution in [0.3, 0.4) is 0 Å². The van der Waals surface area contributed by atoms with Crippen molar-refractivity contribution in [2.24, 2.45) is 18.2 Å². The van der Waals surface area contributed by atoms with Gasteiger partial charge >= 0.3 is 5.69 Å². The first-order valence-electron chi connectivity index (χ1n) is 14.7. The smallest absolute Gasteiger partial charge is 0.330 e. The molecule has 6 rings (SSSR count). The maximum Gasteiger partial charge on any atom is 0.330 e. The first-order chi connectivity index (χ1) is 19.8. The fourth-order valence-electron chi connectivity index (χ4n) is 7.22. The fourth-order valence-corrected chi connectivity index (χ4v) is 7.22. The van der Waals surface area contributed by atoms with Gasteiger partial charge in [-0.15, -0.1) is 6.42 Å². The lowest BCUT2D eigenvalue weighted by Crippen LogP contribution is -2.45. The Morgan fingerprint density at radius 2 is 1.93 bits per heavy atom. The van der Waals surface area contributed by atoms with Crippen molar-refractivity contribution in [2.45, 2.75) is 82.4 Å². The molecule has 11 nitrogen and oxygen atoms in total. The third-order valence-corrected chi connectivity index (χ3v) is 9.59. The number of likely N-dealkylation sites (tertiary alicyclic amines) is 1. The molecule has 0 radical (unpaired) electrons. The second-order valence-corrected chi connectivity index (χ2v) is 11.9. The highest BCUT2D eigenvalue weighted by Gasteiger charge is 2.49. The number of imidazole rings is 1. The van der Waals surface area contributed by atoms with Crippen LogP contribution in [0.1, 0.15) is 76.1 Å². The van der Waals surface area contributed by atoms with Crippen LogP contribution < -0.4 is 16.2 Å². The SMILES string of the molecule is C#C[C@H](Oc1nc(/C(N)=C2\CCC[C@@]3(CCCCC3=O)C2=O)nc2c1n(C)c(=O)n2C1CCOC1)[C@@H]1CCCN1C. The highest BCUT2D eigenvalue weighted by molar-refractivity contribution is 6.17. The van der Waals surface area contributed by atoms with Gasteiger partial charge in [0.1, 0.15) is 5.78 Å². The highest BCUT2D eigenvalue weighted by atomic mass is 16.5. The summed E-state index contributed by atoms with van der Waals surface area (Å²) >= 11 is 0. The van der Waals surface area contributed by atoms with Crippen molar-refractivity contribution < 1.29 is 19.1 Å². The van der Waals surface area contributed by atoms with Crippen LogP contribution in [0, 0.1) is 17.8 Å². The molecule has 2 aromatic heterocycles. The number of aromatic nitrogens is 4. The molecule has 2 aliphatic carbocycles. The van der Waals surface area contributed by atoms with Gasteiger partial charge in [0, 0.05) is 25.6 Å². The molecule has 2 N–H and O–H groups in total. The number of rotatable bonds is 5. The van der Waals surface area contributed by atoms with Gasteiger partial charge in [0.2, 0.25) is 5.88 Å². The van der Waals surface area contributed by atoms with Gasteiger partial charge in [0.25, 0.3) is 0 Å². The molecule has 4 heterocycles. The van der Waals surface area contributed by atoms with Crippen molar-refractivity contribution in [3.63, 3.8) is 0 Å². The van der Waals surface area contributed by atoms with E-state index in [2.05, 4.69) is 10.8 Å². The third-order valence-electron chi connectivity index (χ3n) is 9.59. The Morgan fingerprint density at radius 3 is 2.61 bits per heavy atom. The molecule has 2 aliphatic heterocycles. The lowest BCUT2D eigenvalue weighted by molar-refractivity contribution is -0.143. The first kappa shape index (κ1) is 27.7. The van der Waals surface area contributed by atoms with Crippen LogP contribution in [0.4, 0.5) is 0 Å². The van der Waals surface area contributed by atoms with Crippen LogP contribution in [-0.2, 0) is 21.4 Å². The van der Waals surface area contributed by atoms with Crippen molar-refractivity contribution in [1.82, 2.24) is 24.0 Å². The molecule has 4 aliphatic rings. The van der Waals surface area contributed by atoms with Gasteiger partial charge in [0.15, 0.2) is 28.9 Å². The van der Waals surface area contributed by atoms with E-state index in [1.165, 1.54) is 4.57 Å². The zero-order chi connectivity index (χ0) is 28.9. The number of ether oxygens (including phenoxy) is 2. The minimum Gasteiger partial charge on any atom is -0.458 e. The molecule has 2 aromatic rings. The van der Waals surface area contributed by atoms with E-state index in [1.54, 1.807) is 11.6 Å². The molecule has 41 heavy (non-hydrogen) atoms. The summed E-state index contributed by atoms with van der Waals surface area (Å²) in [5.74, 6) is 2.83. The van der Waals surface area contributed by atoms with Gasteiger partial charge in [-0.25, -0.2) is 9.78 Å². The van der Waals surface area contributed by atoms with Crippen LogP contribution in [0.25, 0.3) is 16.9 Å². The van der Waals surface area contributed by atoms with Crippen LogP contribution in [0.5, 0.6) is 5.88 Å². The van der Waals surface area contributed by atoms with Crippen LogP contribution in [0.2, 0.25) is 0 Å². The number of allylic oxidation sites excluding steroid dienone is 1. The van der Waals surface area contributed by atoms with E-state index in [-0.39, 0.29) is 46.7 Å². The molecule has 11 heteroatoms. The third kappa shape index (κ3) is 4.48. The maximum atomic E-state index is 13.9. The van der Waals surface area contributed by atoms with Crippen LogP contribution >= 0.6 is 0 Å². The summed E-state index contributed by atoms with van der Waals surface area (Å²) in [5.41, 5.74) is 6.72. The van der Waals surface area contributed by atoms with Crippen molar-refractivity contribution in [3.05, 3.63) is 21.9 Å². The average Bonchev–Trinajstić information content (AvgIpc) is 3.70. The first-order valence-corrected chi connectivity index (χ1v) is 14.7. The number of aryl methyl sites for hydroxylation is 1. The van der Waals surface area contributed by atoms with Gasteiger partial charge in [0.05, 0.1) is 29.8 Å². The summed E-state index contributed by atoms with van der Waals surface area (Å²) in [6, 6.07) is -0.219. The summed E-state index contributed by atoms with van der Waals surface area (Å²) < 4.78 is 15.1. The summed E-state index contributed by atoms with van der Waals surface area (Å²) in [6.07, 6.45) is 12.2. The van der Waals surface area contributed by atoms with E-state index in [0.717, 1.165) is 32.2 Å². The molecule has 1 spiro atoms. The second-order valence-electron chi connectivity index (χ2n) is 11.9. The second kappa shape index (κ2) is 10.7. The average molecular weight is 563 g/mol. The Bertz CT molecular complexity index is 1520. The van der Waals surface area contributed by atoms with E-state index >= 15 is 0 Å². The molecule has 2 saturated heterocycles. The quantitative estimate of drug-likeness (QED) is 0.330. The summed E-state index contributed by atoms with van der Waals surface area (Å²) in [7, 11) is 3.67. The largest absolute Gasteiger partial charge is 0.458 e. The highest BCUT2D eigenvalue weighted by Crippen LogP contribution is 2.45. The zero-order valence-corrected chi connectivity index (χ0v) is 23.9. The number of likely N-dealkylation sites (N-methyl/N-ethyl adjacent to an activating group) is 1. The Labute approximate surface area is 239 Å². The number of nitrogens with two attached hydrogens (primary N) is 1. The Kier molecular flexibility index (Phi) is 7.24. The number of ketones is 2. The molecule has 1 unspecified atom stereocenters. The van der Waals surface area contributed by atoms with Crippen LogP contribution in [-0.4, -0.2) is 74.5 Å². The number of hydrogen-bond donors (Lipinski definition) is 1. The molecule has 218 valence electrons. The van der Waals surface area contributed by atoms with Crippen molar-refractivity contribution in [2.75, 3.05) is 26.8 Å². The molecular weight excluding hydrogens is 524 g/mol. The number of fused-ring (bicyclic) bond motifs is 1. The fraction of sp³-hybridized carbons (Fsp3) is 0.633. The molecule has 4 fully saturated rings. The minimum absolute atomic E-state index is 0.00909. The lowest BCUT2D eigenvalue weighted by Gasteiger charge is -2.38. The molecule has 2 saturated carbocycles. The normalized spacial score (nSPS) is 29.3. The summed E-state index contributed by atoms with van der Waals surface area (Å²) in [5, 5.41) is 0. The topological polar surface area (TPSA) is 135 Å². The summed E-state index contributed by atoms with van der Waals surface area (Å²) in [4.78, 5) is 52.1. The van der Waals surface area contributed by atoms with Crippen LogP contribution in [0.15, 0.2) is 10.4 Å². The number of nitrogens with zero attached hydrogens (tertiary/aromatic N) is 5. The molecule has 0 aromatic carbocycles. The van der Waals surface area contributed by atoms with Crippen molar-refractivity contribution >= 4 is 28.4 Å². The molecule has 0 bridgehead atoms. The lowest BCUT2D eigenvalue weighted by atomic mass is 9.62. The predicted octanol–water partition coefficient (Wildman–Crippen LogP) is 2.12. The van der Waals surface area contributed by atoms with E-state index in [4.69, 9.17) is 31.6 Å². The Balaban J connectivity index is 1.51. The number of Topliss-reactive ketones (excluding diaryl/α,β-unsaturated/α-hetero) is 2. The Hall–Kier alpha value is -3.49. The molecular formula is C30H38N6O5.